The third-order valence-electron chi connectivity index (χ3n) is 3.10. The van der Waals surface area contributed by atoms with Crippen molar-refractivity contribution in [2.24, 2.45) is 5.92 Å². The largest absolute Gasteiger partial charge is 0.455 e. The quantitative estimate of drug-likeness (QED) is 0.612. The van der Waals surface area contributed by atoms with Crippen LogP contribution in [0, 0.1) is 5.92 Å². The summed E-state index contributed by atoms with van der Waals surface area (Å²) in [6.45, 7) is 7.42. The van der Waals surface area contributed by atoms with E-state index in [1.165, 1.54) is 0 Å². The smallest absolute Gasteiger partial charge is 0.407 e. The van der Waals surface area contributed by atoms with Gasteiger partial charge in [-0.3, -0.25) is 0 Å². The molecular formula is C14H21NO5. The molecule has 2 rings (SSSR count). The maximum atomic E-state index is 11.8. The normalized spacial score (nSPS) is 32.5. The molecule has 2 bridgehead atoms. The van der Waals surface area contributed by atoms with Gasteiger partial charge in [0, 0.05) is 5.92 Å². The van der Waals surface area contributed by atoms with Gasteiger partial charge in [0.2, 0.25) is 0 Å². The van der Waals surface area contributed by atoms with E-state index >= 15 is 0 Å². The summed E-state index contributed by atoms with van der Waals surface area (Å²) in [5.74, 6) is -0.368. The fourth-order valence-corrected chi connectivity index (χ4v) is 2.15. The first-order valence-corrected chi connectivity index (χ1v) is 6.77. The first-order valence-electron chi connectivity index (χ1n) is 6.77. The van der Waals surface area contributed by atoms with E-state index in [1.807, 2.05) is 19.1 Å². The van der Waals surface area contributed by atoms with E-state index in [4.69, 9.17) is 14.2 Å². The minimum absolute atomic E-state index is 0.0125. The van der Waals surface area contributed by atoms with Gasteiger partial charge in [-0.25, -0.2) is 9.59 Å². The van der Waals surface area contributed by atoms with Crippen LogP contribution in [0.1, 0.15) is 27.7 Å². The Labute approximate surface area is 118 Å². The van der Waals surface area contributed by atoms with Gasteiger partial charge in [-0.1, -0.05) is 19.1 Å². The van der Waals surface area contributed by atoms with Gasteiger partial charge in [-0.2, -0.15) is 0 Å². The van der Waals surface area contributed by atoms with Gasteiger partial charge in [-0.15, -0.1) is 0 Å². The van der Waals surface area contributed by atoms with Gasteiger partial charge in [0.05, 0.1) is 6.54 Å². The summed E-state index contributed by atoms with van der Waals surface area (Å²) in [6.07, 6.45) is 1.90. The SMILES string of the molecule is C[C@H]1C=C[C@@H]2O[C@H]1C(=O)O[C@@H]2CNC(=O)OC(C)(C)C. The molecule has 0 spiro atoms. The average Bonchev–Trinajstić information content (AvgIpc) is 2.32. The van der Waals surface area contributed by atoms with Crippen LogP contribution >= 0.6 is 0 Å². The Kier molecular flexibility index (Phi) is 4.04. The zero-order chi connectivity index (χ0) is 14.9. The van der Waals surface area contributed by atoms with E-state index < -0.39 is 23.9 Å². The van der Waals surface area contributed by atoms with Crippen LogP contribution in [0.5, 0.6) is 0 Å². The topological polar surface area (TPSA) is 73.9 Å². The maximum absolute atomic E-state index is 11.8. The van der Waals surface area contributed by atoms with Crippen molar-refractivity contribution >= 4 is 12.1 Å². The molecule has 0 aliphatic carbocycles. The Morgan fingerprint density at radius 2 is 2.10 bits per heavy atom. The van der Waals surface area contributed by atoms with Crippen molar-refractivity contribution in [2.45, 2.75) is 51.6 Å². The summed E-state index contributed by atoms with van der Waals surface area (Å²) in [5.41, 5.74) is -0.560. The fourth-order valence-electron chi connectivity index (χ4n) is 2.15. The molecule has 0 aromatic carbocycles. The highest BCUT2D eigenvalue weighted by atomic mass is 16.6. The third-order valence-corrected chi connectivity index (χ3v) is 3.10. The highest BCUT2D eigenvalue weighted by Crippen LogP contribution is 2.27. The minimum atomic E-state index is -0.560. The second-order valence-electron chi connectivity index (χ2n) is 6.12. The summed E-state index contributed by atoms with van der Waals surface area (Å²) < 4.78 is 16.1. The number of rotatable bonds is 2. The first-order chi connectivity index (χ1) is 9.26. The van der Waals surface area contributed by atoms with E-state index in [0.717, 1.165) is 0 Å². The maximum Gasteiger partial charge on any atom is 0.407 e. The molecule has 112 valence electrons. The van der Waals surface area contributed by atoms with Crippen molar-refractivity contribution in [3.63, 3.8) is 0 Å². The fraction of sp³-hybridized carbons (Fsp3) is 0.714. The van der Waals surface area contributed by atoms with Crippen LogP contribution in [0.25, 0.3) is 0 Å². The van der Waals surface area contributed by atoms with E-state index in [0.29, 0.717) is 0 Å². The average molecular weight is 283 g/mol. The summed E-state index contributed by atoms with van der Waals surface area (Å²) in [5, 5.41) is 2.59. The van der Waals surface area contributed by atoms with Gasteiger partial charge in [0.15, 0.2) is 6.10 Å². The molecule has 0 aromatic heterocycles. The number of ether oxygens (including phenoxy) is 3. The number of alkyl carbamates (subject to hydrolysis) is 1. The Hall–Kier alpha value is -1.56. The number of fused-ring (bicyclic) bond motifs is 2. The van der Waals surface area contributed by atoms with Crippen molar-refractivity contribution in [2.75, 3.05) is 6.54 Å². The van der Waals surface area contributed by atoms with Crippen LogP contribution in [-0.4, -0.2) is 42.5 Å². The number of cyclic esters (lactones) is 1. The van der Waals surface area contributed by atoms with Crippen molar-refractivity contribution < 1.29 is 23.8 Å². The number of hydrogen-bond acceptors (Lipinski definition) is 5. The highest BCUT2D eigenvalue weighted by Gasteiger charge is 2.42. The molecule has 0 aromatic rings. The molecule has 1 saturated heterocycles. The summed E-state index contributed by atoms with van der Waals surface area (Å²) in [6, 6.07) is 0. The number of esters is 1. The molecule has 6 heteroatoms. The Balaban J connectivity index is 1.89. The number of carbonyl (C=O) groups is 2. The van der Waals surface area contributed by atoms with Crippen LogP contribution in [0.2, 0.25) is 0 Å². The van der Waals surface area contributed by atoms with Gasteiger partial charge in [0.1, 0.15) is 17.8 Å². The Morgan fingerprint density at radius 1 is 1.40 bits per heavy atom. The molecule has 0 unspecified atom stereocenters. The Bertz CT molecular complexity index is 426. The molecule has 0 radical (unpaired) electrons. The molecule has 1 amide bonds. The third kappa shape index (κ3) is 3.50. The van der Waals surface area contributed by atoms with Gasteiger partial charge in [-0.05, 0) is 20.8 Å². The molecule has 2 heterocycles. The number of hydrogen-bond donors (Lipinski definition) is 1. The lowest BCUT2D eigenvalue weighted by molar-refractivity contribution is -0.199. The van der Waals surface area contributed by atoms with Crippen molar-refractivity contribution in [3.8, 4) is 0 Å². The second-order valence-corrected chi connectivity index (χ2v) is 6.12. The van der Waals surface area contributed by atoms with E-state index in [9.17, 15) is 9.59 Å². The van der Waals surface area contributed by atoms with Crippen LogP contribution in [0.15, 0.2) is 12.2 Å². The summed E-state index contributed by atoms with van der Waals surface area (Å²) >= 11 is 0. The van der Waals surface area contributed by atoms with Crippen molar-refractivity contribution in [1.29, 1.82) is 0 Å². The molecule has 6 nitrogen and oxygen atoms in total. The summed E-state index contributed by atoms with van der Waals surface area (Å²) in [7, 11) is 0. The lowest BCUT2D eigenvalue weighted by Gasteiger charge is -2.38. The molecule has 20 heavy (non-hydrogen) atoms. The van der Waals surface area contributed by atoms with Crippen molar-refractivity contribution in [3.05, 3.63) is 12.2 Å². The lowest BCUT2D eigenvalue weighted by Crippen LogP contribution is -2.54. The van der Waals surface area contributed by atoms with E-state index in [2.05, 4.69) is 5.32 Å². The Morgan fingerprint density at radius 3 is 2.75 bits per heavy atom. The number of amides is 1. The molecular weight excluding hydrogens is 262 g/mol. The highest BCUT2D eigenvalue weighted by molar-refractivity contribution is 5.77. The van der Waals surface area contributed by atoms with E-state index in [1.54, 1.807) is 20.8 Å². The molecule has 1 N–H and O–H groups in total. The number of carbonyl (C=O) groups excluding carboxylic acids is 2. The van der Waals surface area contributed by atoms with Crippen LogP contribution in [0.3, 0.4) is 0 Å². The predicted octanol–water partition coefficient (Wildman–Crippen LogP) is 1.40. The van der Waals surface area contributed by atoms with Gasteiger partial charge in [0.25, 0.3) is 0 Å². The molecule has 4 atom stereocenters. The predicted molar refractivity (Wildman–Crippen MR) is 71.1 cm³/mol. The molecule has 2 aliphatic rings. The monoisotopic (exact) mass is 283 g/mol. The van der Waals surface area contributed by atoms with Gasteiger partial charge >= 0.3 is 12.1 Å². The van der Waals surface area contributed by atoms with Crippen LogP contribution in [0.4, 0.5) is 4.79 Å². The first kappa shape index (κ1) is 14.8. The van der Waals surface area contributed by atoms with Crippen LogP contribution < -0.4 is 5.32 Å². The summed E-state index contributed by atoms with van der Waals surface area (Å²) in [4.78, 5) is 23.3. The zero-order valence-electron chi connectivity index (χ0n) is 12.2. The van der Waals surface area contributed by atoms with Gasteiger partial charge < -0.3 is 19.5 Å². The molecule has 1 fully saturated rings. The minimum Gasteiger partial charge on any atom is -0.455 e. The zero-order valence-corrected chi connectivity index (χ0v) is 12.2. The number of nitrogens with one attached hydrogen (secondary N) is 1. The standard InChI is InChI=1S/C14H21NO5/c1-8-5-6-9-10(19-12(16)11(8)18-9)7-15-13(17)20-14(2,3)4/h5-6,8-11H,7H2,1-4H3,(H,15,17)/t8-,9-,10+,11+/m0/s1. The molecule has 0 saturated carbocycles. The molecule has 2 aliphatic heterocycles. The van der Waals surface area contributed by atoms with E-state index in [-0.39, 0.29) is 24.5 Å². The van der Waals surface area contributed by atoms with Crippen molar-refractivity contribution in [1.82, 2.24) is 5.32 Å². The lowest BCUT2D eigenvalue weighted by atomic mass is 9.96. The van der Waals surface area contributed by atoms with Crippen LogP contribution in [-0.2, 0) is 19.0 Å². The second kappa shape index (κ2) is 5.44.